The highest BCUT2D eigenvalue weighted by atomic mass is 16.3. The lowest BCUT2D eigenvalue weighted by atomic mass is 9.73. The number of hydrogen-bond donors (Lipinski definition) is 1. The summed E-state index contributed by atoms with van der Waals surface area (Å²) in [6.45, 7) is 9.03. The van der Waals surface area contributed by atoms with Gasteiger partial charge >= 0.3 is 0 Å². The van der Waals surface area contributed by atoms with Crippen molar-refractivity contribution in [2.45, 2.75) is 58.0 Å². The zero-order valence-electron chi connectivity index (χ0n) is 16.8. The molecule has 1 aliphatic carbocycles. The molecule has 27 heavy (non-hydrogen) atoms. The molecule has 2 atom stereocenters. The van der Waals surface area contributed by atoms with E-state index in [1.54, 1.807) is 6.26 Å². The summed E-state index contributed by atoms with van der Waals surface area (Å²) >= 11 is 0. The van der Waals surface area contributed by atoms with E-state index in [9.17, 15) is 0 Å². The van der Waals surface area contributed by atoms with Crippen molar-refractivity contribution < 1.29 is 4.42 Å². The maximum absolute atomic E-state index is 5.65. The van der Waals surface area contributed by atoms with Gasteiger partial charge in [0.05, 0.1) is 6.26 Å². The molecule has 3 aromatic rings. The zero-order chi connectivity index (χ0) is 19.0. The van der Waals surface area contributed by atoms with Crippen LogP contribution in [0.2, 0.25) is 0 Å². The van der Waals surface area contributed by atoms with Gasteiger partial charge < -0.3 is 9.73 Å². The van der Waals surface area contributed by atoms with Gasteiger partial charge in [-0.1, -0.05) is 30.3 Å². The maximum atomic E-state index is 5.65. The topological polar surface area (TPSA) is 25.2 Å². The van der Waals surface area contributed by atoms with E-state index in [1.807, 2.05) is 12.1 Å². The van der Waals surface area contributed by atoms with Crippen LogP contribution in [0.15, 0.2) is 65.3 Å². The summed E-state index contributed by atoms with van der Waals surface area (Å²) in [4.78, 5) is 0. The second-order valence-corrected chi connectivity index (χ2v) is 8.77. The second kappa shape index (κ2) is 7.01. The van der Waals surface area contributed by atoms with Gasteiger partial charge in [0.25, 0.3) is 0 Å². The summed E-state index contributed by atoms with van der Waals surface area (Å²) in [6.07, 6.45) is 4.01. The van der Waals surface area contributed by atoms with Crippen LogP contribution in [-0.4, -0.2) is 5.54 Å². The van der Waals surface area contributed by atoms with Crippen molar-refractivity contribution in [1.82, 2.24) is 5.32 Å². The minimum atomic E-state index is 0.0540. The molecule has 0 unspecified atom stereocenters. The van der Waals surface area contributed by atoms with Crippen LogP contribution < -0.4 is 5.32 Å². The Morgan fingerprint density at radius 3 is 2.44 bits per heavy atom. The van der Waals surface area contributed by atoms with E-state index in [0.29, 0.717) is 12.0 Å². The third kappa shape index (κ3) is 3.72. The molecule has 2 aromatic carbocycles. The number of nitrogens with one attached hydrogen (secondary N) is 1. The van der Waals surface area contributed by atoms with Crippen LogP contribution >= 0.6 is 0 Å². The predicted molar refractivity (Wildman–Crippen MR) is 112 cm³/mol. The van der Waals surface area contributed by atoms with Crippen LogP contribution in [0.25, 0.3) is 11.3 Å². The molecule has 1 aliphatic rings. The lowest BCUT2D eigenvalue weighted by Gasteiger charge is -2.40. The molecular weight excluding hydrogens is 330 g/mol. The third-order valence-electron chi connectivity index (χ3n) is 5.53. The predicted octanol–water partition coefficient (Wildman–Crippen LogP) is 6.41. The highest BCUT2D eigenvalue weighted by molar-refractivity contribution is 5.62. The fraction of sp³-hybridized carbons (Fsp3) is 0.360. The molecule has 1 heterocycles. The fourth-order valence-electron chi connectivity index (χ4n) is 4.49. The molecule has 0 saturated carbocycles. The van der Waals surface area contributed by atoms with Gasteiger partial charge in [0, 0.05) is 23.1 Å². The van der Waals surface area contributed by atoms with Gasteiger partial charge in [0.1, 0.15) is 5.76 Å². The number of benzene rings is 2. The van der Waals surface area contributed by atoms with Crippen molar-refractivity contribution in [3.8, 4) is 11.3 Å². The van der Waals surface area contributed by atoms with Gasteiger partial charge in [-0.25, -0.2) is 0 Å². The highest BCUT2D eigenvalue weighted by Gasteiger charge is 2.34. The Labute approximate surface area is 162 Å². The number of aryl methyl sites for hydroxylation is 2. The van der Waals surface area contributed by atoms with Crippen LogP contribution in [0.5, 0.6) is 0 Å². The molecule has 1 aromatic heterocycles. The van der Waals surface area contributed by atoms with Crippen molar-refractivity contribution in [2.75, 3.05) is 0 Å². The second-order valence-electron chi connectivity index (χ2n) is 8.77. The van der Waals surface area contributed by atoms with E-state index in [0.717, 1.165) is 18.6 Å². The maximum Gasteiger partial charge on any atom is 0.133 e. The monoisotopic (exact) mass is 359 g/mol. The Hall–Kier alpha value is -2.32. The molecule has 2 heteroatoms. The normalized spacial score (nSPS) is 19.7. The molecule has 0 aliphatic heterocycles. The van der Waals surface area contributed by atoms with E-state index >= 15 is 0 Å². The third-order valence-corrected chi connectivity index (χ3v) is 5.53. The summed E-state index contributed by atoms with van der Waals surface area (Å²) < 4.78 is 5.65. The van der Waals surface area contributed by atoms with Crippen molar-refractivity contribution in [2.24, 2.45) is 0 Å². The van der Waals surface area contributed by atoms with Crippen molar-refractivity contribution in [3.63, 3.8) is 0 Å². The quantitative estimate of drug-likeness (QED) is 0.584. The van der Waals surface area contributed by atoms with E-state index < -0.39 is 0 Å². The van der Waals surface area contributed by atoms with E-state index in [2.05, 4.69) is 75.5 Å². The number of hydrogen-bond acceptors (Lipinski definition) is 2. The summed E-state index contributed by atoms with van der Waals surface area (Å²) in [7, 11) is 0. The molecule has 0 saturated heterocycles. The highest BCUT2D eigenvalue weighted by Crippen LogP contribution is 2.44. The molecule has 0 amide bonds. The zero-order valence-corrected chi connectivity index (χ0v) is 16.8. The summed E-state index contributed by atoms with van der Waals surface area (Å²) in [5.41, 5.74) is 6.94. The molecular formula is C25H29NO. The number of fused-ring (bicyclic) bond motifs is 1. The van der Waals surface area contributed by atoms with E-state index in [4.69, 9.17) is 4.42 Å². The molecule has 0 spiro atoms. The van der Waals surface area contributed by atoms with Crippen molar-refractivity contribution >= 4 is 0 Å². The molecule has 1 N–H and O–H groups in total. The van der Waals surface area contributed by atoms with Gasteiger partial charge in [-0.3, -0.25) is 0 Å². The fourth-order valence-corrected chi connectivity index (χ4v) is 4.49. The molecule has 2 nitrogen and oxygen atoms in total. The lowest BCUT2D eigenvalue weighted by molar-refractivity contribution is 0.306. The van der Waals surface area contributed by atoms with Gasteiger partial charge in [-0.15, -0.1) is 0 Å². The van der Waals surface area contributed by atoms with Crippen LogP contribution in [-0.2, 0) is 6.42 Å². The minimum absolute atomic E-state index is 0.0540. The average Bonchev–Trinajstić information content (AvgIpc) is 3.15. The van der Waals surface area contributed by atoms with Gasteiger partial charge in [-0.2, -0.15) is 0 Å². The van der Waals surface area contributed by atoms with Crippen molar-refractivity contribution in [1.29, 1.82) is 0 Å². The largest absolute Gasteiger partial charge is 0.464 e. The first-order valence-corrected chi connectivity index (χ1v) is 9.92. The lowest BCUT2D eigenvalue weighted by Crippen LogP contribution is -2.43. The first kappa shape index (κ1) is 18.1. The molecule has 0 fully saturated rings. The molecule has 4 rings (SSSR count). The summed E-state index contributed by atoms with van der Waals surface area (Å²) in [5, 5.41) is 3.93. The molecule has 0 bridgehead atoms. The first-order chi connectivity index (χ1) is 12.9. The van der Waals surface area contributed by atoms with E-state index in [1.165, 1.54) is 27.8 Å². The minimum Gasteiger partial charge on any atom is -0.464 e. The Kier molecular flexibility index (Phi) is 4.69. The van der Waals surface area contributed by atoms with Gasteiger partial charge in [0.2, 0.25) is 0 Å². The Morgan fingerprint density at radius 1 is 1.00 bits per heavy atom. The van der Waals surface area contributed by atoms with Crippen LogP contribution in [0.4, 0.5) is 0 Å². The summed E-state index contributed by atoms with van der Waals surface area (Å²) in [6, 6.07) is 19.9. The number of rotatable bonds is 3. The van der Waals surface area contributed by atoms with Crippen molar-refractivity contribution in [3.05, 3.63) is 83.1 Å². The van der Waals surface area contributed by atoms with Crippen LogP contribution in [0, 0.1) is 6.92 Å². The van der Waals surface area contributed by atoms with Gasteiger partial charge in [0.15, 0.2) is 0 Å². The molecule has 0 radical (unpaired) electrons. The Morgan fingerprint density at radius 2 is 1.78 bits per heavy atom. The first-order valence-electron chi connectivity index (χ1n) is 9.92. The average molecular weight is 360 g/mol. The van der Waals surface area contributed by atoms with Crippen LogP contribution in [0.3, 0.4) is 0 Å². The summed E-state index contributed by atoms with van der Waals surface area (Å²) in [5.74, 6) is 1.44. The Bertz CT molecular complexity index is 903. The number of furan rings is 1. The van der Waals surface area contributed by atoms with E-state index in [-0.39, 0.29) is 5.54 Å². The van der Waals surface area contributed by atoms with Crippen LogP contribution in [0.1, 0.15) is 61.4 Å². The SMILES string of the molecule is Cc1cc(-c2ccco2)cc2c1[C@@H](NC(C)(C)C)[C@@H](c1ccccc1)CC2. The molecule has 140 valence electrons. The Balaban J connectivity index is 1.80. The standard InChI is InChI=1S/C25H29NO/c1-17-15-20(22-11-8-14-27-22)16-19-12-13-21(18-9-6-5-7-10-18)24(23(17)19)26-25(2,3)4/h5-11,14-16,21,24,26H,12-13H2,1-4H3/t21-,24+/m1/s1. The van der Waals surface area contributed by atoms with Gasteiger partial charge in [-0.05, 0) is 87.1 Å². The smallest absolute Gasteiger partial charge is 0.133 e.